The molecule has 1 aromatic rings. The Bertz CT molecular complexity index is 600. The van der Waals surface area contributed by atoms with E-state index < -0.39 is 5.54 Å². The molecule has 2 aliphatic rings. The zero-order valence-corrected chi connectivity index (χ0v) is 15.5. The molecule has 1 saturated carbocycles. The van der Waals surface area contributed by atoms with Crippen LogP contribution in [-0.4, -0.2) is 49.2 Å². The largest absolute Gasteiger partial charge is 0.379 e. The van der Waals surface area contributed by atoms with Crippen LogP contribution < -0.4 is 11.1 Å². The van der Waals surface area contributed by atoms with Gasteiger partial charge in [-0.2, -0.15) is 0 Å². The molecular weight excluding hydrogens is 333 g/mol. The van der Waals surface area contributed by atoms with Crippen molar-refractivity contribution in [2.24, 2.45) is 11.7 Å². The number of hydrogen-bond acceptors (Lipinski definition) is 4. The van der Waals surface area contributed by atoms with Crippen molar-refractivity contribution in [2.45, 2.75) is 44.2 Å². The van der Waals surface area contributed by atoms with Crippen LogP contribution in [0.1, 0.15) is 44.2 Å². The number of rotatable bonds is 5. The molecule has 0 spiro atoms. The number of halogens is 1. The fraction of sp³-hybridized carbons (Fsp3) is 0.650. The highest BCUT2D eigenvalue weighted by molar-refractivity contribution is 5.80. The fourth-order valence-corrected chi connectivity index (χ4v) is 4.14. The lowest BCUT2D eigenvalue weighted by molar-refractivity contribution is -0.128. The SMILES string of the molecule is CC1(N)CCCCC1C(=O)NCC(c1ccc(F)cc1)N1CCOCC1. The molecule has 26 heavy (non-hydrogen) atoms. The molecule has 1 aliphatic heterocycles. The lowest BCUT2D eigenvalue weighted by atomic mass is 9.74. The smallest absolute Gasteiger partial charge is 0.225 e. The van der Waals surface area contributed by atoms with Crippen LogP contribution in [0.15, 0.2) is 24.3 Å². The van der Waals surface area contributed by atoms with E-state index in [9.17, 15) is 9.18 Å². The maximum Gasteiger partial charge on any atom is 0.225 e. The minimum Gasteiger partial charge on any atom is -0.379 e. The molecule has 3 rings (SSSR count). The Hall–Kier alpha value is -1.50. The third kappa shape index (κ3) is 4.61. The summed E-state index contributed by atoms with van der Waals surface area (Å²) in [4.78, 5) is 15.1. The van der Waals surface area contributed by atoms with Crippen LogP contribution in [0.3, 0.4) is 0 Å². The van der Waals surface area contributed by atoms with Crippen molar-refractivity contribution in [3.63, 3.8) is 0 Å². The Balaban J connectivity index is 1.69. The van der Waals surface area contributed by atoms with Gasteiger partial charge in [-0.25, -0.2) is 4.39 Å². The summed E-state index contributed by atoms with van der Waals surface area (Å²) in [5.74, 6) is -0.357. The molecule has 3 unspecified atom stereocenters. The number of hydrogen-bond donors (Lipinski definition) is 2. The second-order valence-electron chi connectivity index (χ2n) is 7.77. The molecule has 0 radical (unpaired) electrons. The van der Waals surface area contributed by atoms with E-state index in [-0.39, 0.29) is 23.7 Å². The molecule has 144 valence electrons. The highest BCUT2D eigenvalue weighted by atomic mass is 19.1. The van der Waals surface area contributed by atoms with Gasteiger partial charge in [-0.05, 0) is 37.5 Å². The number of nitrogens with two attached hydrogens (primary N) is 1. The first-order chi connectivity index (χ1) is 12.5. The Kier molecular flexibility index (Phi) is 6.27. The van der Waals surface area contributed by atoms with Gasteiger partial charge >= 0.3 is 0 Å². The number of carbonyl (C=O) groups excluding carboxylic acids is 1. The second kappa shape index (κ2) is 8.46. The highest BCUT2D eigenvalue weighted by Crippen LogP contribution is 2.32. The molecule has 5 nitrogen and oxygen atoms in total. The minimum atomic E-state index is -0.438. The molecule has 0 aromatic heterocycles. The molecule has 2 fully saturated rings. The second-order valence-corrected chi connectivity index (χ2v) is 7.77. The van der Waals surface area contributed by atoms with E-state index in [1.54, 1.807) is 12.1 Å². The van der Waals surface area contributed by atoms with Crippen LogP contribution in [0.2, 0.25) is 0 Å². The molecule has 3 atom stereocenters. The number of ether oxygens (including phenoxy) is 1. The third-order valence-electron chi connectivity index (χ3n) is 5.78. The maximum absolute atomic E-state index is 13.3. The quantitative estimate of drug-likeness (QED) is 0.842. The first-order valence-corrected chi connectivity index (χ1v) is 9.61. The molecule has 3 N–H and O–H groups in total. The summed E-state index contributed by atoms with van der Waals surface area (Å²) >= 11 is 0. The van der Waals surface area contributed by atoms with Crippen molar-refractivity contribution in [2.75, 3.05) is 32.8 Å². The number of carbonyl (C=O) groups is 1. The summed E-state index contributed by atoms with van der Waals surface area (Å²) in [6.07, 6.45) is 3.87. The van der Waals surface area contributed by atoms with Gasteiger partial charge in [-0.15, -0.1) is 0 Å². The van der Waals surface area contributed by atoms with Gasteiger partial charge in [-0.1, -0.05) is 25.0 Å². The summed E-state index contributed by atoms with van der Waals surface area (Å²) in [5.41, 5.74) is 6.94. The average molecular weight is 363 g/mol. The molecular formula is C20H30FN3O2. The van der Waals surface area contributed by atoms with Crippen LogP contribution in [0, 0.1) is 11.7 Å². The van der Waals surface area contributed by atoms with Gasteiger partial charge in [0.1, 0.15) is 5.82 Å². The number of benzene rings is 1. The molecule has 1 saturated heterocycles. The standard InChI is InChI=1S/C20H30FN3O2/c1-20(22)9-3-2-4-17(20)19(25)23-14-18(24-10-12-26-13-11-24)15-5-7-16(21)8-6-15/h5-8,17-18H,2-4,9-14,22H2,1H3,(H,23,25). The number of morpholine rings is 1. The van der Waals surface area contributed by atoms with Crippen LogP contribution in [0.25, 0.3) is 0 Å². The normalized spacial score (nSPS) is 28.5. The van der Waals surface area contributed by atoms with Gasteiger partial charge in [-0.3, -0.25) is 9.69 Å². The van der Waals surface area contributed by atoms with E-state index in [1.807, 2.05) is 6.92 Å². The average Bonchev–Trinajstić information content (AvgIpc) is 2.63. The Morgan fingerprint density at radius 3 is 2.69 bits per heavy atom. The monoisotopic (exact) mass is 363 g/mol. The zero-order chi connectivity index (χ0) is 18.6. The van der Waals surface area contributed by atoms with Crippen LogP contribution >= 0.6 is 0 Å². The van der Waals surface area contributed by atoms with Gasteiger partial charge < -0.3 is 15.8 Å². The van der Waals surface area contributed by atoms with Gasteiger partial charge in [0.05, 0.1) is 25.2 Å². The van der Waals surface area contributed by atoms with E-state index in [2.05, 4.69) is 10.2 Å². The third-order valence-corrected chi connectivity index (χ3v) is 5.78. The summed E-state index contributed by atoms with van der Waals surface area (Å²) in [7, 11) is 0. The topological polar surface area (TPSA) is 67.6 Å². The van der Waals surface area contributed by atoms with Gasteiger partial charge in [0, 0.05) is 25.2 Å². The maximum atomic E-state index is 13.3. The van der Waals surface area contributed by atoms with Crippen molar-refractivity contribution in [3.05, 3.63) is 35.6 Å². The Morgan fingerprint density at radius 1 is 1.35 bits per heavy atom. The van der Waals surface area contributed by atoms with Crippen molar-refractivity contribution < 1.29 is 13.9 Å². The van der Waals surface area contributed by atoms with E-state index >= 15 is 0 Å². The minimum absolute atomic E-state index is 0.0103. The first-order valence-electron chi connectivity index (χ1n) is 9.61. The molecule has 1 heterocycles. The van der Waals surface area contributed by atoms with Crippen molar-refractivity contribution in [1.82, 2.24) is 10.2 Å². The number of amides is 1. The van der Waals surface area contributed by atoms with Crippen molar-refractivity contribution in [3.8, 4) is 0 Å². The molecule has 1 aliphatic carbocycles. The van der Waals surface area contributed by atoms with Gasteiger partial charge in [0.15, 0.2) is 0 Å². The van der Waals surface area contributed by atoms with E-state index in [0.29, 0.717) is 19.8 Å². The summed E-state index contributed by atoms with van der Waals surface area (Å²) < 4.78 is 18.8. The number of nitrogens with one attached hydrogen (secondary N) is 1. The zero-order valence-electron chi connectivity index (χ0n) is 15.5. The lowest BCUT2D eigenvalue weighted by Gasteiger charge is -2.38. The van der Waals surface area contributed by atoms with Crippen LogP contribution in [0.4, 0.5) is 4.39 Å². The molecule has 1 amide bonds. The summed E-state index contributed by atoms with van der Waals surface area (Å²) in [6.45, 7) is 5.43. The molecule has 1 aromatic carbocycles. The summed E-state index contributed by atoms with van der Waals surface area (Å²) in [5, 5.41) is 3.12. The van der Waals surface area contributed by atoms with Crippen molar-refractivity contribution >= 4 is 5.91 Å². The first kappa shape index (κ1) is 19.3. The highest BCUT2D eigenvalue weighted by Gasteiger charge is 2.38. The van der Waals surface area contributed by atoms with Gasteiger partial charge in [0.2, 0.25) is 5.91 Å². The fourth-order valence-electron chi connectivity index (χ4n) is 4.14. The van der Waals surface area contributed by atoms with Crippen LogP contribution in [-0.2, 0) is 9.53 Å². The van der Waals surface area contributed by atoms with Gasteiger partial charge in [0.25, 0.3) is 0 Å². The van der Waals surface area contributed by atoms with E-state index in [0.717, 1.165) is 44.3 Å². The van der Waals surface area contributed by atoms with Crippen molar-refractivity contribution in [1.29, 1.82) is 0 Å². The predicted octanol–water partition coefficient (Wildman–Crippen LogP) is 2.22. The van der Waals surface area contributed by atoms with E-state index in [1.165, 1.54) is 12.1 Å². The predicted molar refractivity (Wildman–Crippen MR) is 99.1 cm³/mol. The van der Waals surface area contributed by atoms with E-state index in [4.69, 9.17) is 10.5 Å². The lowest BCUT2D eigenvalue weighted by Crippen LogP contribution is -2.54. The van der Waals surface area contributed by atoms with Crippen LogP contribution in [0.5, 0.6) is 0 Å². The Morgan fingerprint density at radius 2 is 2.04 bits per heavy atom. The molecule has 6 heteroatoms. The molecule has 0 bridgehead atoms. The number of nitrogens with zero attached hydrogens (tertiary/aromatic N) is 1. The summed E-state index contributed by atoms with van der Waals surface area (Å²) in [6, 6.07) is 6.56. The Labute approximate surface area is 155 Å².